The highest BCUT2D eigenvalue weighted by atomic mass is 32.1. The van der Waals surface area contributed by atoms with Gasteiger partial charge in [0.1, 0.15) is 6.29 Å². The van der Waals surface area contributed by atoms with Crippen molar-refractivity contribution in [1.29, 1.82) is 0 Å². The Morgan fingerprint density at radius 3 is 2.63 bits per heavy atom. The number of aryl methyl sites for hydroxylation is 1. The standard InChI is InChI=1S/C16H19NOS/c1-12(2)10-13-5-7-14(8-6-13)15-11-19-16(17-15)4-3-9-18/h5-9,11-12H,3-4,10H2,1-2H3. The number of carbonyl (C=O) groups excluding carboxylic acids is 1. The SMILES string of the molecule is CC(C)Cc1ccc(-c2csc(CCC=O)n2)cc1. The van der Waals surface area contributed by atoms with E-state index in [1.54, 1.807) is 11.3 Å². The summed E-state index contributed by atoms with van der Waals surface area (Å²) in [4.78, 5) is 14.9. The largest absolute Gasteiger partial charge is 0.303 e. The van der Waals surface area contributed by atoms with Gasteiger partial charge in [0.15, 0.2) is 0 Å². The highest BCUT2D eigenvalue weighted by Gasteiger charge is 2.05. The van der Waals surface area contributed by atoms with Crippen molar-refractivity contribution in [1.82, 2.24) is 4.98 Å². The maximum absolute atomic E-state index is 10.4. The van der Waals surface area contributed by atoms with Crippen molar-refractivity contribution in [3.05, 3.63) is 40.2 Å². The Morgan fingerprint density at radius 1 is 1.26 bits per heavy atom. The zero-order valence-corrected chi connectivity index (χ0v) is 12.2. The number of hydrogen-bond acceptors (Lipinski definition) is 3. The van der Waals surface area contributed by atoms with Crippen LogP contribution in [0.3, 0.4) is 0 Å². The first-order chi connectivity index (χ1) is 9.19. The van der Waals surface area contributed by atoms with Crippen LogP contribution in [0.25, 0.3) is 11.3 Å². The molecule has 3 heteroatoms. The first-order valence-electron chi connectivity index (χ1n) is 6.66. The van der Waals surface area contributed by atoms with Crippen LogP contribution in [0.1, 0.15) is 30.8 Å². The van der Waals surface area contributed by atoms with Crippen molar-refractivity contribution in [3.8, 4) is 11.3 Å². The van der Waals surface area contributed by atoms with Crippen LogP contribution in [0.2, 0.25) is 0 Å². The molecule has 1 aromatic heterocycles. The summed E-state index contributed by atoms with van der Waals surface area (Å²) in [5.41, 5.74) is 3.54. The van der Waals surface area contributed by atoms with Crippen molar-refractivity contribution >= 4 is 17.6 Å². The summed E-state index contributed by atoms with van der Waals surface area (Å²) in [7, 11) is 0. The molecule has 1 heterocycles. The van der Waals surface area contributed by atoms with Crippen LogP contribution < -0.4 is 0 Å². The van der Waals surface area contributed by atoms with Gasteiger partial charge in [-0.2, -0.15) is 0 Å². The molecule has 0 unspecified atom stereocenters. The maximum Gasteiger partial charge on any atom is 0.120 e. The fourth-order valence-electron chi connectivity index (χ4n) is 2.02. The Labute approximate surface area is 118 Å². The zero-order valence-electron chi connectivity index (χ0n) is 11.4. The second-order valence-electron chi connectivity index (χ2n) is 5.13. The van der Waals surface area contributed by atoms with Crippen LogP contribution in [-0.4, -0.2) is 11.3 Å². The van der Waals surface area contributed by atoms with E-state index >= 15 is 0 Å². The minimum Gasteiger partial charge on any atom is -0.303 e. The van der Waals surface area contributed by atoms with E-state index in [4.69, 9.17) is 0 Å². The second kappa shape index (κ2) is 6.62. The number of aldehydes is 1. The van der Waals surface area contributed by atoms with Crippen LogP contribution in [0.4, 0.5) is 0 Å². The summed E-state index contributed by atoms with van der Waals surface area (Å²) in [6.07, 6.45) is 3.36. The molecule has 2 nitrogen and oxygen atoms in total. The number of benzene rings is 1. The first-order valence-corrected chi connectivity index (χ1v) is 7.54. The Kier molecular flexibility index (Phi) is 4.86. The number of hydrogen-bond donors (Lipinski definition) is 0. The molecule has 1 aromatic carbocycles. The van der Waals surface area contributed by atoms with Gasteiger partial charge >= 0.3 is 0 Å². The molecule has 0 amide bonds. The van der Waals surface area contributed by atoms with Gasteiger partial charge in [-0.15, -0.1) is 11.3 Å². The molecule has 0 spiro atoms. The minimum absolute atomic E-state index is 0.556. The van der Waals surface area contributed by atoms with E-state index in [1.165, 1.54) is 5.56 Å². The van der Waals surface area contributed by atoms with E-state index in [1.807, 2.05) is 0 Å². The topological polar surface area (TPSA) is 30.0 Å². The van der Waals surface area contributed by atoms with Gasteiger partial charge in [0, 0.05) is 23.8 Å². The molecule has 0 bridgehead atoms. The molecule has 100 valence electrons. The summed E-state index contributed by atoms with van der Waals surface area (Å²) < 4.78 is 0. The number of rotatable bonds is 6. The lowest BCUT2D eigenvalue weighted by Crippen LogP contribution is -1.93. The van der Waals surface area contributed by atoms with E-state index < -0.39 is 0 Å². The molecule has 0 N–H and O–H groups in total. The maximum atomic E-state index is 10.4. The molecule has 19 heavy (non-hydrogen) atoms. The Bertz CT molecular complexity index is 528. The molecule has 0 saturated carbocycles. The summed E-state index contributed by atoms with van der Waals surface area (Å²) in [5, 5.41) is 3.10. The fourth-order valence-corrected chi connectivity index (χ4v) is 2.85. The molecular weight excluding hydrogens is 254 g/mol. The van der Waals surface area contributed by atoms with Gasteiger partial charge in [-0.05, 0) is 17.9 Å². The van der Waals surface area contributed by atoms with Crippen LogP contribution in [0.15, 0.2) is 29.6 Å². The third-order valence-corrected chi connectivity index (χ3v) is 3.83. The Morgan fingerprint density at radius 2 is 2.00 bits per heavy atom. The lowest BCUT2D eigenvalue weighted by Gasteiger charge is -2.05. The number of thiazole rings is 1. The predicted octanol–water partition coefficient (Wildman–Crippen LogP) is 4.14. The summed E-state index contributed by atoms with van der Waals surface area (Å²) in [6.45, 7) is 4.46. The van der Waals surface area contributed by atoms with Crippen LogP contribution in [0, 0.1) is 5.92 Å². The van der Waals surface area contributed by atoms with Crippen molar-refractivity contribution in [2.24, 2.45) is 5.92 Å². The van der Waals surface area contributed by atoms with Crippen molar-refractivity contribution in [2.45, 2.75) is 33.1 Å². The van der Waals surface area contributed by atoms with Gasteiger partial charge in [0.25, 0.3) is 0 Å². The molecule has 0 aliphatic heterocycles. The Balaban J connectivity index is 2.08. The average Bonchev–Trinajstić information content (AvgIpc) is 2.85. The highest BCUT2D eigenvalue weighted by molar-refractivity contribution is 7.09. The van der Waals surface area contributed by atoms with Gasteiger partial charge in [0.2, 0.25) is 0 Å². The van der Waals surface area contributed by atoms with Crippen molar-refractivity contribution in [3.63, 3.8) is 0 Å². The normalized spacial score (nSPS) is 10.9. The molecule has 0 aliphatic rings. The average molecular weight is 273 g/mol. The van der Waals surface area contributed by atoms with Crippen LogP contribution >= 0.6 is 11.3 Å². The summed E-state index contributed by atoms with van der Waals surface area (Å²) in [5.74, 6) is 0.681. The fraction of sp³-hybridized carbons (Fsp3) is 0.375. The van der Waals surface area contributed by atoms with E-state index in [-0.39, 0.29) is 0 Å². The van der Waals surface area contributed by atoms with Crippen molar-refractivity contribution < 1.29 is 4.79 Å². The van der Waals surface area contributed by atoms with E-state index in [0.29, 0.717) is 12.3 Å². The van der Waals surface area contributed by atoms with E-state index in [0.717, 1.165) is 35.4 Å². The van der Waals surface area contributed by atoms with E-state index in [2.05, 4.69) is 48.5 Å². The minimum atomic E-state index is 0.556. The molecule has 0 atom stereocenters. The lowest BCUT2D eigenvalue weighted by atomic mass is 10.0. The van der Waals surface area contributed by atoms with Gasteiger partial charge in [0.05, 0.1) is 10.7 Å². The van der Waals surface area contributed by atoms with Gasteiger partial charge in [-0.3, -0.25) is 0 Å². The molecule has 0 aliphatic carbocycles. The zero-order chi connectivity index (χ0) is 13.7. The molecule has 2 rings (SSSR count). The molecule has 0 saturated heterocycles. The number of nitrogens with zero attached hydrogens (tertiary/aromatic N) is 1. The number of aromatic nitrogens is 1. The van der Waals surface area contributed by atoms with Crippen LogP contribution in [-0.2, 0) is 17.6 Å². The predicted molar refractivity (Wildman–Crippen MR) is 80.5 cm³/mol. The summed E-state index contributed by atoms with van der Waals surface area (Å²) in [6, 6.07) is 8.63. The highest BCUT2D eigenvalue weighted by Crippen LogP contribution is 2.23. The third kappa shape index (κ3) is 4.00. The van der Waals surface area contributed by atoms with Crippen LogP contribution in [0.5, 0.6) is 0 Å². The van der Waals surface area contributed by atoms with Crippen molar-refractivity contribution in [2.75, 3.05) is 0 Å². The quantitative estimate of drug-likeness (QED) is 0.740. The van der Waals surface area contributed by atoms with E-state index in [9.17, 15) is 4.79 Å². The van der Waals surface area contributed by atoms with Gasteiger partial charge in [-0.1, -0.05) is 38.1 Å². The smallest absolute Gasteiger partial charge is 0.120 e. The number of carbonyl (C=O) groups is 1. The first kappa shape index (κ1) is 13.9. The second-order valence-corrected chi connectivity index (χ2v) is 6.07. The molecular formula is C16H19NOS. The lowest BCUT2D eigenvalue weighted by molar-refractivity contribution is -0.107. The molecule has 0 fully saturated rings. The molecule has 2 aromatic rings. The summed E-state index contributed by atoms with van der Waals surface area (Å²) >= 11 is 1.63. The molecule has 0 radical (unpaired) electrons. The third-order valence-electron chi connectivity index (χ3n) is 2.92. The van der Waals surface area contributed by atoms with Gasteiger partial charge < -0.3 is 4.79 Å². The Hall–Kier alpha value is -1.48. The monoisotopic (exact) mass is 273 g/mol. The van der Waals surface area contributed by atoms with Gasteiger partial charge in [-0.25, -0.2) is 4.98 Å².